The van der Waals surface area contributed by atoms with Gasteiger partial charge in [0.05, 0.1) is 12.2 Å². The summed E-state index contributed by atoms with van der Waals surface area (Å²) in [5, 5.41) is 7.29. The van der Waals surface area contributed by atoms with Gasteiger partial charge in [-0.3, -0.25) is 0 Å². The van der Waals surface area contributed by atoms with Gasteiger partial charge in [0.25, 0.3) is 0 Å². The number of hydrogen-bond acceptors (Lipinski definition) is 3. The normalized spacial score (nSPS) is 15.7. The van der Waals surface area contributed by atoms with Crippen LogP contribution in [0, 0.1) is 5.92 Å². The topological polar surface area (TPSA) is 81.1 Å². The summed E-state index contributed by atoms with van der Waals surface area (Å²) in [7, 11) is 0. The number of nitrogens with one attached hydrogen (secondary N) is 1. The van der Waals surface area contributed by atoms with Crippen molar-refractivity contribution in [2.45, 2.75) is 25.8 Å². The molecule has 3 rings (SSSR count). The van der Waals surface area contributed by atoms with Crippen LogP contribution < -0.4 is 11.1 Å². The van der Waals surface area contributed by atoms with Crippen LogP contribution in [0.15, 0.2) is 41.9 Å². The molecule has 1 aliphatic carbocycles. The summed E-state index contributed by atoms with van der Waals surface area (Å²) in [6, 6.07) is 8.05. The SMILES string of the molecule is NC(=NCc1ccc(-n2cncn2)cc1)NCC1CCC1. The minimum atomic E-state index is 0.530. The van der Waals surface area contributed by atoms with Crippen molar-refractivity contribution in [1.29, 1.82) is 0 Å². The molecular formula is C15H20N6. The Morgan fingerprint density at radius 3 is 2.76 bits per heavy atom. The summed E-state index contributed by atoms with van der Waals surface area (Å²) in [6.07, 6.45) is 7.16. The molecular weight excluding hydrogens is 264 g/mol. The maximum atomic E-state index is 5.87. The summed E-state index contributed by atoms with van der Waals surface area (Å²) in [5.74, 6) is 1.31. The molecule has 0 spiro atoms. The lowest BCUT2D eigenvalue weighted by Crippen LogP contribution is -2.37. The van der Waals surface area contributed by atoms with Gasteiger partial charge in [0, 0.05) is 6.54 Å². The van der Waals surface area contributed by atoms with E-state index in [9.17, 15) is 0 Å². The average Bonchev–Trinajstić information content (AvgIpc) is 2.98. The average molecular weight is 284 g/mol. The third-order valence-electron chi connectivity index (χ3n) is 3.85. The Balaban J connectivity index is 1.52. The van der Waals surface area contributed by atoms with Crippen LogP contribution >= 0.6 is 0 Å². The number of guanidine groups is 1. The number of benzene rings is 1. The Morgan fingerprint density at radius 2 is 2.14 bits per heavy atom. The molecule has 110 valence electrons. The van der Waals surface area contributed by atoms with Gasteiger partial charge in [0.2, 0.25) is 0 Å². The highest BCUT2D eigenvalue weighted by Gasteiger charge is 2.16. The van der Waals surface area contributed by atoms with Crippen molar-refractivity contribution in [2.75, 3.05) is 6.54 Å². The molecule has 1 aromatic heterocycles. The van der Waals surface area contributed by atoms with E-state index in [1.807, 2.05) is 24.3 Å². The Bertz CT molecular complexity index is 583. The summed E-state index contributed by atoms with van der Waals surface area (Å²) in [4.78, 5) is 8.30. The monoisotopic (exact) mass is 284 g/mol. The molecule has 1 aliphatic rings. The van der Waals surface area contributed by atoms with E-state index in [0.29, 0.717) is 12.5 Å². The first-order valence-corrected chi connectivity index (χ1v) is 7.29. The van der Waals surface area contributed by atoms with Crippen molar-refractivity contribution in [3.8, 4) is 5.69 Å². The van der Waals surface area contributed by atoms with Crippen molar-refractivity contribution in [3.05, 3.63) is 42.5 Å². The fourth-order valence-electron chi connectivity index (χ4n) is 2.27. The van der Waals surface area contributed by atoms with E-state index in [2.05, 4.69) is 20.4 Å². The van der Waals surface area contributed by atoms with Gasteiger partial charge < -0.3 is 11.1 Å². The van der Waals surface area contributed by atoms with E-state index in [1.54, 1.807) is 11.0 Å². The van der Waals surface area contributed by atoms with Gasteiger partial charge in [-0.1, -0.05) is 18.6 Å². The maximum Gasteiger partial charge on any atom is 0.188 e. The largest absolute Gasteiger partial charge is 0.370 e. The first-order valence-electron chi connectivity index (χ1n) is 7.29. The lowest BCUT2D eigenvalue weighted by atomic mass is 9.85. The molecule has 1 saturated carbocycles. The Morgan fingerprint density at radius 1 is 1.33 bits per heavy atom. The molecule has 1 aromatic carbocycles. The van der Waals surface area contributed by atoms with E-state index in [0.717, 1.165) is 23.7 Å². The van der Waals surface area contributed by atoms with Crippen LogP contribution in [-0.4, -0.2) is 27.3 Å². The Hall–Kier alpha value is -2.37. The van der Waals surface area contributed by atoms with Gasteiger partial charge in [-0.25, -0.2) is 14.7 Å². The number of nitrogens with two attached hydrogens (primary N) is 1. The molecule has 2 aromatic rings. The van der Waals surface area contributed by atoms with Crippen LogP contribution in [0.5, 0.6) is 0 Å². The van der Waals surface area contributed by atoms with E-state index in [4.69, 9.17) is 5.73 Å². The van der Waals surface area contributed by atoms with Gasteiger partial charge in [-0.15, -0.1) is 0 Å². The van der Waals surface area contributed by atoms with Gasteiger partial charge in [-0.2, -0.15) is 5.10 Å². The molecule has 0 atom stereocenters. The minimum absolute atomic E-state index is 0.530. The minimum Gasteiger partial charge on any atom is -0.370 e. The lowest BCUT2D eigenvalue weighted by Gasteiger charge is -2.25. The summed E-state index contributed by atoms with van der Waals surface area (Å²) >= 11 is 0. The zero-order valence-corrected chi connectivity index (χ0v) is 11.9. The number of nitrogens with zero attached hydrogens (tertiary/aromatic N) is 4. The summed E-state index contributed by atoms with van der Waals surface area (Å²) in [6.45, 7) is 1.53. The molecule has 1 fully saturated rings. The number of aromatic nitrogens is 3. The van der Waals surface area contributed by atoms with Crippen molar-refractivity contribution >= 4 is 5.96 Å². The number of rotatable bonds is 5. The number of aliphatic imine (C=N–C) groups is 1. The van der Waals surface area contributed by atoms with Crippen LogP contribution in [0.1, 0.15) is 24.8 Å². The van der Waals surface area contributed by atoms with Crippen LogP contribution in [0.25, 0.3) is 5.69 Å². The molecule has 0 saturated heterocycles. The van der Waals surface area contributed by atoms with Crippen LogP contribution in [0.4, 0.5) is 0 Å². The fraction of sp³-hybridized carbons (Fsp3) is 0.400. The standard InChI is InChI=1S/C15H20N6/c16-15(18-8-12-2-1-3-12)19-9-13-4-6-14(7-5-13)21-11-17-10-20-21/h4-7,10-12H,1-3,8-9H2,(H3,16,18,19). The van der Waals surface area contributed by atoms with E-state index in [-0.39, 0.29) is 0 Å². The first kappa shape index (κ1) is 13.6. The zero-order chi connectivity index (χ0) is 14.5. The molecule has 0 radical (unpaired) electrons. The second kappa shape index (κ2) is 6.39. The molecule has 3 N–H and O–H groups in total. The molecule has 0 bridgehead atoms. The maximum absolute atomic E-state index is 5.87. The second-order valence-electron chi connectivity index (χ2n) is 5.39. The van der Waals surface area contributed by atoms with Crippen molar-refractivity contribution in [2.24, 2.45) is 16.6 Å². The zero-order valence-electron chi connectivity index (χ0n) is 11.9. The molecule has 21 heavy (non-hydrogen) atoms. The first-order chi connectivity index (χ1) is 10.3. The quantitative estimate of drug-likeness (QED) is 0.643. The van der Waals surface area contributed by atoms with Crippen molar-refractivity contribution in [1.82, 2.24) is 20.1 Å². The van der Waals surface area contributed by atoms with E-state index in [1.165, 1.54) is 25.6 Å². The third kappa shape index (κ3) is 3.59. The predicted molar refractivity (Wildman–Crippen MR) is 82.0 cm³/mol. The predicted octanol–water partition coefficient (Wildman–Crippen LogP) is 1.47. The van der Waals surface area contributed by atoms with Gasteiger partial charge in [-0.05, 0) is 36.5 Å². The van der Waals surface area contributed by atoms with Gasteiger partial charge in [0.15, 0.2) is 5.96 Å². The lowest BCUT2D eigenvalue weighted by molar-refractivity contribution is 0.315. The van der Waals surface area contributed by atoms with Crippen LogP contribution in [0.3, 0.4) is 0 Å². The second-order valence-corrected chi connectivity index (χ2v) is 5.39. The molecule has 6 heteroatoms. The van der Waals surface area contributed by atoms with Gasteiger partial charge in [0.1, 0.15) is 12.7 Å². The highest BCUT2D eigenvalue weighted by Crippen LogP contribution is 2.24. The van der Waals surface area contributed by atoms with Crippen LogP contribution in [-0.2, 0) is 6.54 Å². The summed E-state index contributed by atoms with van der Waals surface area (Å²) < 4.78 is 1.72. The molecule has 0 amide bonds. The van der Waals surface area contributed by atoms with Crippen molar-refractivity contribution in [3.63, 3.8) is 0 Å². The van der Waals surface area contributed by atoms with E-state index < -0.39 is 0 Å². The number of hydrogen-bond donors (Lipinski definition) is 2. The fourth-order valence-corrected chi connectivity index (χ4v) is 2.27. The van der Waals surface area contributed by atoms with Gasteiger partial charge >= 0.3 is 0 Å². The Labute approximate surface area is 124 Å². The smallest absolute Gasteiger partial charge is 0.188 e. The Kier molecular flexibility index (Phi) is 4.14. The molecule has 0 unspecified atom stereocenters. The molecule has 1 heterocycles. The molecule has 6 nitrogen and oxygen atoms in total. The highest BCUT2D eigenvalue weighted by atomic mass is 15.3. The van der Waals surface area contributed by atoms with Crippen molar-refractivity contribution < 1.29 is 0 Å². The highest BCUT2D eigenvalue weighted by molar-refractivity contribution is 5.77. The third-order valence-corrected chi connectivity index (χ3v) is 3.85. The molecule has 0 aliphatic heterocycles. The summed E-state index contributed by atoms with van der Waals surface area (Å²) in [5.41, 5.74) is 7.97. The van der Waals surface area contributed by atoms with E-state index >= 15 is 0 Å². The van der Waals surface area contributed by atoms with Crippen LogP contribution in [0.2, 0.25) is 0 Å².